The van der Waals surface area contributed by atoms with Crippen molar-refractivity contribution in [2.45, 2.75) is 25.3 Å². The second-order valence-corrected chi connectivity index (χ2v) is 4.34. The summed E-state index contributed by atoms with van der Waals surface area (Å²) in [6, 6.07) is 5.26. The van der Waals surface area contributed by atoms with E-state index in [4.69, 9.17) is 34.0 Å². The summed E-state index contributed by atoms with van der Waals surface area (Å²) in [4.78, 5) is 0. The maximum Gasteiger partial charge on any atom is 0.0468 e. The highest BCUT2D eigenvalue weighted by atomic mass is 35.5. The fourth-order valence-electron chi connectivity index (χ4n) is 1.43. The van der Waals surface area contributed by atoms with E-state index in [1.165, 1.54) is 0 Å². The van der Waals surface area contributed by atoms with E-state index in [9.17, 15) is 0 Å². The number of halogens is 2. The summed E-state index contributed by atoms with van der Waals surface area (Å²) in [7, 11) is 0. The van der Waals surface area contributed by atoms with Crippen molar-refractivity contribution in [2.75, 3.05) is 6.61 Å². The molecule has 3 N–H and O–H groups in total. The van der Waals surface area contributed by atoms with Crippen LogP contribution in [-0.2, 0) is 0 Å². The van der Waals surface area contributed by atoms with Crippen LogP contribution < -0.4 is 5.73 Å². The molecule has 2 nitrogen and oxygen atoms in total. The molecule has 0 aliphatic rings. The lowest BCUT2D eigenvalue weighted by molar-refractivity contribution is 0.281. The summed E-state index contributed by atoms with van der Waals surface area (Å²) < 4.78 is 0. The summed E-state index contributed by atoms with van der Waals surface area (Å²) in [6.45, 7) is 0.209. The van der Waals surface area contributed by atoms with Crippen LogP contribution in [-0.4, -0.2) is 11.7 Å². The minimum atomic E-state index is -0.0821. The first-order valence-corrected chi connectivity index (χ1v) is 5.72. The van der Waals surface area contributed by atoms with E-state index in [1.54, 1.807) is 12.1 Å². The SMILES string of the molecule is NC(CCCCO)c1ccc(Cl)cc1Cl. The Morgan fingerprint density at radius 2 is 2.00 bits per heavy atom. The van der Waals surface area contributed by atoms with Crippen molar-refractivity contribution < 1.29 is 5.11 Å². The topological polar surface area (TPSA) is 46.2 Å². The van der Waals surface area contributed by atoms with Crippen molar-refractivity contribution in [3.63, 3.8) is 0 Å². The van der Waals surface area contributed by atoms with Crippen LogP contribution >= 0.6 is 23.2 Å². The highest BCUT2D eigenvalue weighted by Gasteiger charge is 2.09. The molecule has 0 saturated heterocycles. The Hall–Kier alpha value is -0.280. The molecule has 0 bridgehead atoms. The van der Waals surface area contributed by atoms with Crippen LogP contribution in [0.2, 0.25) is 10.0 Å². The number of benzene rings is 1. The first kappa shape index (κ1) is 12.8. The maximum atomic E-state index is 8.66. The van der Waals surface area contributed by atoms with Gasteiger partial charge in [0.15, 0.2) is 0 Å². The molecule has 0 spiro atoms. The van der Waals surface area contributed by atoms with Gasteiger partial charge in [0.1, 0.15) is 0 Å². The zero-order chi connectivity index (χ0) is 11.3. The molecule has 15 heavy (non-hydrogen) atoms. The summed E-state index contributed by atoms with van der Waals surface area (Å²) in [6.07, 6.45) is 2.50. The first-order valence-electron chi connectivity index (χ1n) is 4.96. The highest BCUT2D eigenvalue weighted by Crippen LogP contribution is 2.27. The molecule has 0 radical (unpaired) electrons. The molecular formula is C11H15Cl2NO. The minimum absolute atomic E-state index is 0.0821. The maximum absolute atomic E-state index is 8.66. The number of unbranched alkanes of at least 4 members (excludes halogenated alkanes) is 1. The van der Waals surface area contributed by atoms with E-state index in [-0.39, 0.29) is 12.6 Å². The van der Waals surface area contributed by atoms with Gasteiger partial charge < -0.3 is 10.8 Å². The molecule has 0 aromatic heterocycles. The molecular weight excluding hydrogens is 233 g/mol. The van der Waals surface area contributed by atoms with Crippen LogP contribution in [0.5, 0.6) is 0 Å². The Morgan fingerprint density at radius 3 is 2.60 bits per heavy atom. The van der Waals surface area contributed by atoms with E-state index < -0.39 is 0 Å². The monoisotopic (exact) mass is 247 g/mol. The third-order valence-electron chi connectivity index (χ3n) is 2.29. The smallest absolute Gasteiger partial charge is 0.0468 e. The fraction of sp³-hybridized carbons (Fsp3) is 0.455. The number of rotatable bonds is 5. The molecule has 1 rings (SSSR count). The lowest BCUT2D eigenvalue weighted by Gasteiger charge is -2.13. The predicted octanol–water partition coefficient (Wildman–Crippen LogP) is 3.16. The second kappa shape index (κ2) is 6.33. The number of nitrogens with two attached hydrogens (primary N) is 1. The number of hydrogen-bond acceptors (Lipinski definition) is 2. The lowest BCUT2D eigenvalue weighted by Crippen LogP contribution is -2.10. The van der Waals surface area contributed by atoms with Gasteiger partial charge in [0, 0.05) is 22.7 Å². The summed E-state index contributed by atoms with van der Waals surface area (Å²) in [5.74, 6) is 0. The largest absolute Gasteiger partial charge is 0.396 e. The third kappa shape index (κ3) is 3.99. The van der Waals surface area contributed by atoms with E-state index in [0.717, 1.165) is 24.8 Å². The zero-order valence-corrected chi connectivity index (χ0v) is 9.93. The highest BCUT2D eigenvalue weighted by molar-refractivity contribution is 6.35. The van der Waals surface area contributed by atoms with Gasteiger partial charge in [-0.25, -0.2) is 0 Å². The minimum Gasteiger partial charge on any atom is -0.396 e. The molecule has 1 atom stereocenters. The number of aliphatic hydroxyl groups is 1. The van der Waals surface area contributed by atoms with Gasteiger partial charge in [0.25, 0.3) is 0 Å². The molecule has 0 aliphatic heterocycles. The molecule has 4 heteroatoms. The molecule has 1 aromatic rings. The summed E-state index contributed by atoms with van der Waals surface area (Å²) in [5, 5.41) is 9.88. The summed E-state index contributed by atoms with van der Waals surface area (Å²) in [5.41, 5.74) is 6.89. The Kier molecular flexibility index (Phi) is 5.40. The molecule has 0 fully saturated rings. The zero-order valence-electron chi connectivity index (χ0n) is 8.42. The van der Waals surface area contributed by atoms with E-state index >= 15 is 0 Å². The molecule has 0 amide bonds. The molecule has 1 unspecified atom stereocenters. The van der Waals surface area contributed by atoms with Gasteiger partial charge in [0.2, 0.25) is 0 Å². The average molecular weight is 248 g/mol. The van der Waals surface area contributed by atoms with Crippen molar-refractivity contribution in [1.82, 2.24) is 0 Å². The van der Waals surface area contributed by atoms with Gasteiger partial charge in [-0.3, -0.25) is 0 Å². The predicted molar refractivity (Wildman–Crippen MR) is 64.3 cm³/mol. The van der Waals surface area contributed by atoms with Crippen LogP contribution in [0, 0.1) is 0 Å². The van der Waals surface area contributed by atoms with E-state index in [1.807, 2.05) is 6.07 Å². The molecule has 84 valence electrons. The van der Waals surface area contributed by atoms with Crippen molar-refractivity contribution in [1.29, 1.82) is 0 Å². The van der Waals surface area contributed by atoms with Crippen molar-refractivity contribution in [3.05, 3.63) is 33.8 Å². The second-order valence-electron chi connectivity index (χ2n) is 3.49. The van der Waals surface area contributed by atoms with Gasteiger partial charge in [-0.05, 0) is 37.0 Å². The molecule has 0 aliphatic carbocycles. The fourth-order valence-corrected chi connectivity index (χ4v) is 1.98. The van der Waals surface area contributed by atoms with E-state index in [0.29, 0.717) is 10.0 Å². The first-order chi connectivity index (χ1) is 7.15. The van der Waals surface area contributed by atoms with Gasteiger partial charge in [0.05, 0.1) is 0 Å². The van der Waals surface area contributed by atoms with Crippen LogP contribution in [0.4, 0.5) is 0 Å². The van der Waals surface area contributed by atoms with E-state index in [2.05, 4.69) is 0 Å². The van der Waals surface area contributed by atoms with Crippen LogP contribution in [0.3, 0.4) is 0 Å². The average Bonchev–Trinajstić information content (AvgIpc) is 2.17. The molecule has 1 aromatic carbocycles. The van der Waals surface area contributed by atoms with Gasteiger partial charge in [-0.15, -0.1) is 0 Å². The van der Waals surface area contributed by atoms with Gasteiger partial charge >= 0.3 is 0 Å². The van der Waals surface area contributed by atoms with Crippen LogP contribution in [0.1, 0.15) is 30.9 Å². The third-order valence-corrected chi connectivity index (χ3v) is 2.85. The lowest BCUT2D eigenvalue weighted by atomic mass is 10.0. The summed E-state index contributed by atoms with van der Waals surface area (Å²) >= 11 is 11.8. The quantitative estimate of drug-likeness (QED) is 0.786. The number of hydrogen-bond donors (Lipinski definition) is 2. The van der Waals surface area contributed by atoms with Crippen LogP contribution in [0.25, 0.3) is 0 Å². The van der Waals surface area contributed by atoms with Crippen molar-refractivity contribution >= 4 is 23.2 Å². The molecule has 0 heterocycles. The Morgan fingerprint density at radius 1 is 1.27 bits per heavy atom. The van der Waals surface area contributed by atoms with Crippen molar-refractivity contribution in [3.8, 4) is 0 Å². The van der Waals surface area contributed by atoms with Crippen molar-refractivity contribution in [2.24, 2.45) is 5.73 Å². The molecule has 0 saturated carbocycles. The standard InChI is InChI=1S/C11H15Cl2NO/c12-8-4-5-9(10(13)7-8)11(14)3-1-2-6-15/h4-5,7,11,15H,1-3,6,14H2. The number of aliphatic hydroxyl groups excluding tert-OH is 1. The normalized spacial score (nSPS) is 12.8. The Balaban J connectivity index is 2.61. The van der Waals surface area contributed by atoms with Gasteiger partial charge in [-0.1, -0.05) is 29.3 Å². The Labute approximate surface area is 100.0 Å². The van der Waals surface area contributed by atoms with Gasteiger partial charge in [-0.2, -0.15) is 0 Å². The van der Waals surface area contributed by atoms with Crippen LogP contribution in [0.15, 0.2) is 18.2 Å². The Bertz CT molecular complexity index is 317.